The number of esters is 1. The molecule has 2 aromatic carbocycles. The van der Waals surface area contributed by atoms with E-state index in [1.807, 2.05) is 0 Å². The maximum Gasteiger partial charge on any atom is 0.325 e. The Morgan fingerprint density at radius 2 is 1.68 bits per heavy atom. The minimum Gasteiger partial charge on any atom is -0.454 e. The molecule has 28 heavy (non-hydrogen) atoms. The zero-order valence-corrected chi connectivity index (χ0v) is 16.1. The molecule has 6 nitrogen and oxygen atoms in total. The summed E-state index contributed by atoms with van der Waals surface area (Å²) in [6, 6.07) is 10.2. The number of ether oxygens (including phenoxy) is 1. The van der Waals surface area contributed by atoms with Crippen molar-refractivity contribution < 1.29 is 23.5 Å². The number of amides is 2. The third-order valence-corrected chi connectivity index (χ3v) is 4.33. The number of hydrogen-bond acceptors (Lipinski definition) is 4. The van der Waals surface area contributed by atoms with E-state index in [4.69, 9.17) is 27.9 Å². The van der Waals surface area contributed by atoms with E-state index in [1.54, 1.807) is 12.1 Å². The van der Waals surface area contributed by atoms with Crippen LogP contribution >= 0.6 is 23.2 Å². The molecule has 0 radical (unpaired) electrons. The first-order chi connectivity index (χ1) is 13.3. The fraction of sp³-hybridized carbons (Fsp3) is 0.211. The summed E-state index contributed by atoms with van der Waals surface area (Å²) in [5, 5.41) is 5.46. The van der Waals surface area contributed by atoms with Crippen LogP contribution in [0.3, 0.4) is 0 Å². The number of hydrogen-bond donors (Lipinski definition) is 2. The number of benzene rings is 2. The van der Waals surface area contributed by atoms with Crippen LogP contribution in [-0.2, 0) is 20.7 Å². The van der Waals surface area contributed by atoms with Crippen molar-refractivity contribution in [2.24, 2.45) is 0 Å². The molecular weight excluding hydrogens is 410 g/mol. The average molecular weight is 427 g/mol. The average Bonchev–Trinajstić information content (AvgIpc) is 2.68. The minimum atomic E-state index is -0.762. The first kappa shape index (κ1) is 21.7. The highest BCUT2D eigenvalue weighted by Crippen LogP contribution is 2.22. The summed E-state index contributed by atoms with van der Waals surface area (Å²) in [7, 11) is 0. The molecule has 0 aliphatic rings. The van der Waals surface area contributed by atoms with Gasteiger partial charge in [-0.15, -0.1) is 0 Å². The molecule has 0 fully saturated rings. The molecule has 148 valence electrons. The maximum absolute atomic E-state index is 12.8. The molecule has 0 spiro atoms. The van der Waals surface area contributed by atoms with Crippen LogP contribution < -0.4 is 10.6 Å². The van der Waals surface area contributed by atoms with Crippen molar-refractivity contribution >= 4 is 41.0 Å². The summed E-state index contributed by atoms with van der Waals surface area (Å²) in [5.41, 5.74) is 1.10. The molecule has 9 heteroatoms. The summed E-state index contributed by atoms with van der Waals surface area (Å²) in [6.45, 7) is -0.553. The van der Waals surface area contributed by atoms with Crippen molar-refractivity contribution in [1.29, 1.82) is 0 Å². The highest BCUT2D eigenvalue weighted by molar-refractivity contribution is 6.42. The quantitative estimate of drug-likeness (QED) is 0.635. The van der Waals surface area contributed by atoms with Gasteiger partial charge in [-0.3, -0.25) is 14.4 Å². The van der Waals surface area contributed by atoms with Gasteiger partial charge in [0, 0.05) is 12.1 Å². The van der Waals surface area contributed by atoms with Crippen molar-refractivity contribution in [2.45, 2.75) is 6.42 Å². The molecule has 0 aliphatic carbocycles. The van der Waals surface area contributed by atoms with Gasteiger partial charge in [0.15, 0.2) is 6.61 Å². The summed E-state index contributed by atoms with van der Waals surface area (Å²) >= 11 is 11.6. The van der Waals surface area contributed by atoms with E-state index in [0.717, 1.165) is 5.56 Å². The van der Waals surface area contributed by atoms with Crippen molar-refractivity contribution in [1.82, 2.24) is 10.6 Å². The predicted molar refractivity (Wildman–Crippen MR) is 103 cm³/mol. The topological polar surface area (TPSA) is 84.5 Å². The van der Waals surface area contributed by atoms with E-state index in [2.05, 4.69) is 10.6 Å². The Morgan fingerprint density at radius 3 is 2.36 bits per heavy atom. The molecule has 0 atom stereocenters. The molecule has 0 saturated heterocycles. The Bertz CT molecular complexity index is 860. The number of rotatable bonds is 8. The molecule has 2 aromatic rings. The highest BCUT2D eigenvalue weighted by Gasteiger charge is 2.12. The molecular formula is C19H17Cl2FN2O4. The Labute approximate surface area is 171 Å². The van der Waals surface area contributed by atoms with E-state index in [-0.39, 0.29) is 16.4 Å². The van der Waals surface area contributed by atoms with Crippen molar-refractivity contribution in [3.8, 4) is 0 Å². The molecule has 0 bridgehead atoms. The lowest BCUT2D eigenvalue weighted by Crippen LogP contribution is -2.34. The second-order valence-electron chi connectivity index (χ2n) is 5.70. The maximum atomic E-state index is 12.8. The highest BCUT2D eigenvalue weighted by atomic mass is 35.5. The molecule has 0 aromatic heterocycles. The molecule has 2 rings (SSSR count). The van der Waals surface area contributed by atoms with E-state index in [1.165, 1.54) is 30.3 Å². The second kappa shape index (κ2) is 10.6. The monoisotopic (exact) mass is 426 g/mol. The van der Waals surface area contributed by atoms with Gasteiger partial charge < -0.3 is 15.4 Å². The van der Waals surface area contributed by atoms with Gasteiger partial charge in [-0.25, -0.2) is 4.39 Å². The number of nitrogens with one attached hydrogen (secondary N) is 2. The summed E-state index contributed by atoms with van der Waals surface area (Å²) in [5.74, 6) is -2.10. The van der Waals surface area contributed by atoms with Gasteiger partial charge in [0.25, 0.3) is 11.8 Å². The van der Waals surface area contributed by atoms with Crippen LogP contribution in [0.15, 0.2) is 42.5 Å². The van der Waals surface area contributed by atoms with Gasteiger partial charge >= 0.3 is 5.97 Å². The van der Waals surface area contributed by atoms with Crippen LogP contribution in [0.25, 0.3) is 0 Å². The molecule has 0 unspecified atom stereocenters. The third kappa shape index (κ3) is 7.17. The molecule has 2 amide bonds. The SMILES string of the molecule is O=C(COC(=O)CNC(=O)c1ccc(Cl)c(Cl)c1)NCCc1ccc(F)cc1. The summed E-state index contributed by atoms with van der Waals surface area (Å²) in [4.78, 5) is 35.2. The van der Waals surface area contributed by atoms with E-state index >= 15 is 0 Å². The van der Waals surface area contributed by atoms with Crippen molar-refractivity contribution in [3.05, 3.63) is 69.5 Å². The lowest BCUT2D eigenvalue weighted by atomic mass is 10.1. The van der Waals surface area contributed by atoms with E-state index < -0.39 is 30.9 Å². The smallest absolute Gasteiger partial charge is 0.325 e. The van der Waals surface area contributed by atoms with Crippen LogP contribution in [0.1, 0.15) is 15.9 Å². The van der Waals surface area contributed by atoms with Crippen LogP contribution in [0, 0.1) is 5.82 Å². The fourth-order valence-electron chi connectivity index (χ4n) is 2.14. The molecule has 0 heterocycles. The number of carbonyl (C=O) groups excluding carboxylic acids is 3. The van der Waals surface area contributed by atoms with Gasteiger partial charge in [-0.2, -0.15) is 0 Å². The summed E-state index contributed by atoms with van der Waals surface area (Å²) < 4.78 is 17.6. The standard InChI is InChI=1S/C19H17Cl2FN2O4/c20-15-6-3-13(9-16(15)21)19(27)24-10-18(26)28-11-17(25)23-8-7-12-1-4-14(22)5-2-12/h1-6,9H,7-8,10-11H2,(H,23,25)(H,24,27). The number of halogens is 3. The van der Waals surface area contributed by atoms with Gasteiger partial charge in [0.1, 0.15) is 12.4 Å². The van der Waals surface area contributed by atoms with Gasteiger partial charge in [0.2, 0.25) is 0 Å². The molecule has 2 N–H and O–H groups in total. The van der Waals surface area contributed by atoms with Gasteiger partial charge in [-0.05, 0) is 42.3 Å². The van der Waals surface area contributed by atoms with E-state index in [0.29, 0.717) is 18.0 Å². The first-order valence-corrected chi connectivity index (χ1v) is 9.01. The van der Waals surface area contributed by atoms with Crippen LogP contribution in [0.2, 0.25) is 10.0 Å². The largest absolute Gasteiger partial charge is 0.454 e. The van der Waals surface area contributed by atoms with Gasteiger partial charge in [-0.1, -0.05) is 35.3 Å². The second-order valence-corrected chi connectivity index (χ2v) is 6.51. The Morgan fingerprint density at radius 1 is 0.964 bits per heavy atom. The Balaban J connectivity index is 1.64. The lowest BCUT2D eigenvalue weighted by molar-refractivity contribution is -0.147. The molecule has 0 saturated carbocycles. The third-order valence-electron chi connectivity index (χ3n) is 3.59. The number of carbonyl (C=O) groups is 3. The van der Waals surface area contributed by atoms with E-state index in [9.17, 15) is 18.8 Å². The predicted octanol–water partition coefficient (Wildman–Crippen LogP) is 2.76. The van der Waals surface area contributed by atoms with Crippen LogP contribution in [0.4, 0.5) is 4.39 Å². The Kier molecular flexibility index (Phi) is 8.22. The lowest BCUT2D eigenvalue weighted by Gasteiger charge is -2.08. The fourth-order valence-corrected chi connectivity index (χ4v) is 2.44. The van der Waals surface area contributed by atoms with Crippen molar-refractivity contribution in [2.75, 3.05) is 19.7 Å². The normalized spacial score (nSPS) is 10.2. The van der Waals surface area contributed by atoms with Gasteiger partial charge in [0.05, 0.1) is 10.0 Å². The zero-order valence-electron chi connectivity index (χ0n) is 14.6. The van der Waals surface area contributed by atoms with Crippen LogP contribution in [0.5, 0.6) is 0 Å². The van der Waals surface area contributed by atoms with Crippen LogP contribution in [-0.4, -0.2) is 37.5 Å². The molecule has 0 aliphatic heterocycles. The zero-order chi connectivity index (χ0) is 20.5. The first-order valence-electron chi connectivity index (χ1n) is 8.25. The summed E-state index contributed by atoms with van der Waals surface area (Å²) in [6.07, 6.45) is 0.514. The Hall–Kier alpha value is -2.64. The van der Waals surface area contributed by atoms with Crippen molar-refractivity contribution in [3.63, 3.8) is 0 Å². The minimum absolute atomic E-state index is 0.217.